The Kier molecular flexibility index (Phi) is 6.50. The van der Waals surface area contributed by atoms with Gasteiger partial charge in [0, 0.05) is 18.7 Å². The summed E-state index contributed by atoms with van der Waals surface area (Å²) in [5, 5.41) is 0. The van der Waals surface area contributed by atoms with Crippen molar-refractivity contribution < 1.29 is 14.3 Å². The van der Waals surface area contributed by atoms with Gasteiger partial charge in [-0.1, -0.05) is 23.8 Å². The minimum absolute atomic E-state index is 0.0992. The summed E-state index contributed by atoms with van der Waals surface area (Å²) < 4.78 is 4.87. The zero-order valence-electron chi connectivity index (χ0n) is 12.1. The van der Waals surface area contributed by atoms with Crippen LogP contribution in [0.5, 0.6) is 0 Å². The van der Waals surface area contributed by atoms with Crippen LogP contribution < -0.4 is 0 Å². The van der Waals surface area contributed by atoms with Crippen LogP contribution in [0.3, 0.4) is 0 Å². The molecule has 108 valence electrons. The van der Waals surface area contributed by atoms with E-state index in [1.807, 2.05) is 25.1 Å². The van der Waals surface area contributed by atoms with E-state index in [1.54, 1.807) is 24.0 Å². The molecule has 0 aliphatic carbocycles. The number of hydrogen-bond acceptors (Lipinski definition) is 3. The number of carbonyl (C=O) groups excluding carboxylic acids is 2. The Bertz CT molecular complexity index is 482. The first-order chi connectivity index (χ1) is 9.58. The summed E-state index contributed by atoms with van der Waals surface area (Å²) in [5.74, 6) is -0.392. The van der Waals surface area contributed by atoms with E-state index in [0.29, 0.717) is 25.3 Å². The van der Waals surface area contributed by atoms with Crippen LogP contribution in [0.1, 0.15) is 29.3 Å². The fourth-order valence-corrected chi connectivity index (χ4v) is 1.85. The molecule has 0 saturated heterocycles. The maximum atomic E-state index is 12.4. The second-order valence-electron chi connectivity index (χ2n) is 4.46. The Labute approximate surface area is 120 Å². The third kappa shape index (κ3) is 4.88. The van der Waals surface area contributed by atoms with Crippen molar-refractivity contribution in [3.05, 3.63) is 48.0 Å². The first-order valence-electron chi connectivity index (χ1n) is 6.71. The van der Waals surface area contributed by atoms with Crippen LogP contribution in [-0.4, -0.2) is 36.5 Å². The average molecular weight is 275 g/mol. The van der Waals surface area contributed by atoms with Crippen LogP contribution in [0.15, 0.2) is 36.9 Å². The molecule has 1 aromatic carbocycles. The van der Waals surface area contributed by atoms with E-state index in [2.05, 4.69) is 6.58 Å². The molecular weight excluding hydrogens is 254 g/mol. The molecule has 0 saturated carbocycles. The fourth-order valence-electron chi connectivity index (χ4n) is 1.85. The molecule has 4 nitrogen and oxygen atoms in total. The van der Waals surface area contributed by atoms with Gasteiger partial charge in [-0.25, -0.2) is 0 Å². The summed E-state index contributed by atoms with van der Waals surface area (Å²) >= 11 is 0. The molecule has 1 amide bonds. The van der Waals surface area contributed by atoms with Gasteiger partial charge in [0.15, 0.2) is 0 Å². The molecule has 0 heterocycles. The highest BCUT2D eigenvalue weighted by atomic mass is 16.5. The Morgan fingerprint density at radius 1 is 1.40 bits per heavy atom. The van der Waals surface area contributed by atoms with E-state index < -0.39 is 0 Å². The molecule has 1 aromatic rings. The van der Waals surface area contributed by atoms with Crippen LogP contribution >= 0.6 is 0 Å². The monoisotopic (exact) mass is 275 g/mol. The number of carbonyl (C=O) groups is 2. The molecule has 4 heteroatoms. The second kappa shape index (κ2) is 8.15. The maximum absolute atomic E-state index is 12.4. The molecule has 0 atom stereocenters. The molecule has 0 fully saturated rings. The maximum Gasteiger partial charge on any atom is 0.307 e. The van der Waals surface area contributed by atoms with E-state index >= 15 is 0 Å². The highest BCUT2D eigenvalue weighted by molar-refractivity contribution is 5.94. The summed E-state index contributed by atoms with van der Waals surface area (Å²) in [4.78, 5) is 25.4. The van der Waals surface area contributed by atoms with Gasteiger partial charge in [-0.2, -0.15) is 0 Å². The number of hydrogen-bond donors (Lipinski definition) is 0. The van der Waals surface area contributed by atoms with Crippen molar-refractivity contribution in [2.24, 2.45) is 0 Å². The van der Waals surface area contributed by atoms with Crippen LogP contribution in [0.4, 0.5) is 0 Å². The first-order valence-corrected chi connectivity index (χ1v) is 6.71. The molecule has 0 bridgehead atoms. The van der Waals surface area contributed by atoms with Crippen molar-refractivity contribution >= 4 is 11.9 Å². The summed E-state index contributed by atoms with van der Waals surface area (Å²) in [6.45, 7) is 8.44. The van der Waals surface area contributed by atoms with Crippen LogP contribution in [0.2, 0.25) is 0 Å². The van der Waals surface area contributed by atoms with Crippen molar-refractivity contribution in [3.63, 3.8) is 0 Å². The van der Waals surface area contributed by atoms with Gasteiger partial charge in [0.25, 0.3) is 5.91 Å². The van der Waals surface area contributed by atoms with E-state index in [9.17, 15) is 9.59 Å². The number of rotatable bonds is 7. The van der Waals surface area contributed by atoms with Crippen molar-refractivity contribution in [3.8, 4) is 0 Å². The molecule has 20 heavy (non-hydrogen) atoms. The van der Waals surface area contributed by atoms with Gasteiger partial charge < -0.3 is 9.64 Å². The van der Waals surface area contributed by atoms with E-state index in [-0.39, 0.29) is 18.3 Å². The Hall–Kier alpha value is -2.10. The molecule has 0 spiro atoms. The summed E-state index contributed by atoms with van der Waals surface area (Å²) in [6, 6.07) is 7.39. The van der Waals surface area contributed by atoms with Crippen molar-refractivity contribution in [2.45, 2.75) is 20.3 Å². The Morgan fingerprint density at radius 2 is 2.15 bits per heavy atom. The SMILES string of the molecule is C=CCN(CCC(=O)OCC)C(=O)c1cccc(C)c1. The number of nitrogens with zero attached hydrogens (tertiary/aromatic N) is 1. The van der Waals surface area contributed by atoms with Gasteiger partial charge in [-0.05, 0) is 26.0 Å². The predicted molar refractivity (Wildman–Crippen MR) is 78.5 cm³/mol. The number of ether oxygens (including phenoxy) is 1. The highest BCUT2D eigenvalue weighted by Crippen LogP contribution is 2.09. The lowest BCUT2D eigenvalue weighted by atomic mass is 10.1. The molecule has 0 aromatic heterocycles. The fraction of sp³-hybridized carbons (Fsp3) is 0.375. The Balaban J connectivity index is 2.72. The van der Waals surface area contributed by atoms with Crippen molar-refractivity contribution in [1.82, 2.24) is 4.90 Å². The minimum atomic E-state index is -0.293. The predicted octanol–water partition coefficient (Wildman–Crippen LogP) is 2.58. The van der Waals surface area contributed by atoms with Gasteiger partial charge in [0.05, 0.1) is 13.0 Å². The van der Waals surface area contributed by atoms with Gasteiger partial charge in [0.1, 0.15) is 0 Å². The number of amides is 1. The third-order valence-electron chi connectivity index (χ3n) is 2.79. The molecule has 0 aliphatic heterocycles. The average Bonchev–Trinajstić information content (AvgIpc) is 2.43. The standard InChI is InChI=1S/C16H21NO3/c1-4-10-17(11-9-15(18)20-5-2)16(19)14-8-6-7-13(3)12-14/h4,6-8,12H,1,5,9-11H2,2-3H3. The van der Waals surface area contributed by atoms with E-state index in [4.69, 9.17) is 4.74 Å². The Morgan fingerprint density at radius 3 is 2.75 bits per heavy atom. The summed E-state index contributed by atoms with van der Waals surface area (Å²) in [7, 11) is 0. The van der Waals surface area contributed by atoms with Crippen molar-refractivity contribution in [1.29, 1.82) is 0 Å². The molecular formula is C16H21NO3. The number of aryl methyl sites for hydroxylation is 1. The topological polar surface area (TPSA) is 46.6 Å². The van der Waals surface area contributed by atoms with E-state index in [0.717, 1.165) is 5.56 Å². The summed E-state index contributed by atoms with van der Waals surface area (Å²) in [5.41, 5.74) is 1.65. The zero-order chi connectivity index (χ0) is 15.0. The molecule has 0 radical (unpaired) electrons. The normalized spacial score (nSPS) is 9.90. The molecule has 0 unspecified atom stereocenters. The van der Waals surface area contributed by atoms with Crippen LogP contribution in [0, 0.1) is 6.92 Å². The van der Waals surface area contributed by atoms with Gasteiger partial charge >= 0.3 is 5.97 Å². The lowest BCUT2D eigenvalue weighted by Gasteiger charge is -2.21. The lowest BCUT2D eigenvalue weighted by molar-refractivity contribution is -0.143. The zero-order valence-corrected chi connectivity index (χ0v) is 12.1. The smallest absolute Gasteiger partial charge is 0.307 e. The van der Waals surface area contributed by atoms with Crippen LogP contribution in [0.25, 0.3) is 0 Å². The molecule has 0 N–H and O–H groups in total. The summed E-state index contributed by atoms with van der Waals surface area (Å²) in [6.07, 6.45) is 1.85. The van der Waals surface area contributed by atoms with E-state index in [1.165, 1.54) is 0 Å². The molecule has 0 aliphatic rings. The van der Waals surface area contributed by atoms with Crippen LogP contribution in [-0.2, 0) is 9.53 Å². The lowest BCUT2D eigenvalue weighted by Crippen LogP contribution is -2.33. The molecule has 1 rings (SSSR count). The number of esters is 1. The first kappa shape index (κ1) is 16.0. The number of benzene rings is 1. The van der Waals surface area contributed by atoms with Crippen molar-refractivity contribution in [2.75, 3.05) is 19.7 Å². The highest BCUT2D eigenvalue weighted by Gasteiger charge is 2.16. The largest absolute Gasteiger partial charge is 0.466 e. The third-order valence-corrected chi connectivity index (χ3v) is 2.79. The van der Waals surface area contributed by atoms with Gasteiger partial charge in [-0.3, -0.25) is 9.59 Å². The quantitative estimate of drug-likeness (QED) is 0.567. The second-order valence-corrected chi connectivity index (χ2v) is 4.46. The van der Waals surface area contributed by atoms with Gasteiger partial charge in [-0.15, -0.1) is 6.58 Å². The minimum Gasteiger partial charge on any atom is -0.466 e. The van der Waals surface area contributed by atoms with Gasteiger partial charge in [0.2, 0.25) is 0 Å².